The summed E-state index contributed by atoms with van der Waals surface area (Å²) in [6, 6.07) is 0. The number of carbonyl (C=O) groups excluding carboxylic acids is 1. The fourth-order valence-electron chi connectivity index (χ4n) is 1.15. The monoisotopic (exact) mass is 219 g/mol. The van der Waals surface area contributed by atoms with E-state index >= 15 is 0 Å². The second kappa shape index (κ2) is 7.48. The molecule has 90 valence electrons. The molecule has 0 aliphatic carbocycles. The minimum Gasteiger partial charge on any atom is -0.447 e. The van der Waals surface area contributed by atoms with Crippen molar-refractivity contribution in [3.05, 3.63) is 0 Å². The van der Waals surface area contributed by atoms with Crippen molar-refractivity contribution in [2.45, 2.75) is 26.7 Å². The van der Waals surface area contributed by atoms with Crippen LogP contribution >= 0.6 is 0 Å². The molecule has 0 aromatic carbocycles. The summed E-state index contributed by atoms with van der Waals surface area (Å²) in [7, 11) is 0. The van der Waals surface area contributed by atoms with Crippen molar-refractivity contribution >= 4 is 6.09 Å². The minimum absolute atomic E-state index is 0.0168. The lowest BCUT2D eigenvalue weighted by Crippen LogP contribution is -2.34. The molecule has 0 atom stereocenters. The maximum Gasteiger partial charge on any atom is 0.407 e. The van der Waals surface area contributed by atoms with Crippen molar-refractivity contribution < 1.29 is 19.7 Å². The van der Waals surface area contributed by atoms with Crippen molar-refractivity contribution in [3.63, 3.8) is 0 Å². The normalized spacial score (nSPS) is 11.2. The summed E-state index contributed by atoms with van der Waals surface area (Å²) in [4.78, 5) is 11.0. The summed E-state index contributed by atoms with van der Waals surface area (Å²) < 4.78 is 4.64. The smallest absolute Gasteiger partial charge is 0.407 e. The van der Waals surface area contributed by atoms with E-state index in [-0.39, 0.29) is 25.2 Å². The van der Waals surface area contributed by atoms with E-state index in [1.165, 1.54) is 0 Å². The molecule has 1 amide bonds. The van der Waals surface area contributed by atoms with Gasteiger partial charge in [0.1, 0.15) is 6.61 Å². The van der Waals surface area contributed by atoms with E-state index < -0.39 is 6.09 Å². The second-order valence-corrected chi connectivity index (χ2v) is 4.20. The zero-order chi connectivity index (χ0) is 11.7. The van der Waals surface area contributed by atoms with Crippen LogP contribution in [0.3, 0.4) is 0 Å². The molecule has 0 aromatic rings. The number of hydrogen-bond acceptors (Lipinski definition) is 4. The third-order valence-electron chi connectivity index (χ3n) is 2.05. The number of aliphatic hydroxyl groups is 2. The van der Waals surface area contributed by atoms with Crippen LogP contribution in [-0.2, 0) is 4.74 Å². The fourth-order valence-corrected chi connectivity index (χ4v) is 1.15. The van der Waals surface area contributed by atoms with Gasteiger partial charge in [0.15, 0.2) is 0 Å². The summed E-state index contributed by atoms with van der Waals surface area (Å²) in [5.41, 5.74) is -0.0546. The average Bonchev–Trinajstić information content (AvgIpc) is 2.21. The van der Waals surface area contributed by atoms with E-state index in [0.29, 0.717) is 6.54 Å². The lowest BCUT2D eigenvalue weighted by molar-refractivity contribution is 0.115. The molecule has 0 unspecified atom stereocenters. The number of aliphatic hydroxyl groups excluding tert-OH is 2. The molecule has 5 nitrogen and oxygen atoms in total. The summed E-state index contributed by atoms with van der Waals surface area (Å²) in [5, 5.41) is 19.7. The van der Waals surface area contributed by atoms with Gasteiger partial charge in [0, 0.05) is 13.2 Å². The molecular formula is C10H21NO4. The fraction of sp³-hybridized carbons (Fsp3) is 0.900. The predicted octanol–water partition coefficient (Wildman–Crippen LogP) is 0.504. The Labute approximate surface area is 90.4 Å². The molecule has 0 fully saturated rings. The van der Waals surface area contributed by atoms with Gasteiger partial charge in [-0.2, -0.15) is 0 Å². The zero-order valence-electron chi connectivity index (χ0n) is 9.45. The van der Waals surface area contributed by atoms with Crippen molar-refractivity contribution in [2.24, 2.45) is 5.41 Å². The van der Waals surface area contributed by atoms with E-state index in [2.05, 4.69) is 10.1 Å². The number of rotatable bonds is 7. The number of alkyl carbamates (subject to hydrolysis) is 1. The van der Waals surface area contributed by atoms with Crippen LogP contribution in [0.15, 0.2) is 0 Å². The van der Waals surface area contributed by atoms with E-state index in [0.717, 1.165) is 12.8 Å². The van der Waals surface area contributed by atoms with Crippen LogP contribution in [0.1, 0.15) is 26.7 Å². The summed E-state index contributed by atoms with van der Waals surface area (Å²) >= 11 is 0. The van der Waals surface area contributed by atoms with Gasteiger partial charge < -0.3 is 20.3 Å². The number of amides is 1. The Kier molecular flexibility index (Phi) is 7.07. The molecule has 0 aromatic heterocycles. The van der Waals surface area contributed by atoms with Crippen LogP contribution in [0.5, 0.6) is 0 Å². The van der Waals surface area contributed by atoms with Gasteiger partial charge in [-0.15, -0.1) is 0 Å². The van der Waals surface area contributed by atoms with Gasteiger partial charge in [-0.1, -0.05) is 13.8 Å². The predicted molar refractivity (Wildman–Crippen MR) is 56.5 cm³/mol. The average molecular weight is 219 g/mol. The van der Waals surface area contributed by atoms with E-state index in [9.17, 15) is 4.79 Å². The molecule has 0 saturated heterocycles. The molecule has 0 rings (SSSR count). The molecule has 0 bridgehead atoms. The van der Waals surface area contributed by atoms with Crippen molar-refractivity contribution in [2.75, 3.05) is 26.4 Å². The molecule has 0 aliphatic rings. The first-order valence-electron chi connectivity index (χ1n) is 5.14. The number of ether oxygens (including phenoxy) is 1. The molecule has 0 saturated carbocycles. The van der Waals surface area contributed by atoms with E-state index in [1.54, 1.807) is 0 Å². The first-order valence-corrected chi connectivity index (χ1v) is 5.14. The van der Waals surface area contributed by atoms with E-state index in [4.69, 9.17) is 10.2 Å². The van der Waals surface area contributed by atoms with E-state index in [1.807, 2.05) is 13.8 Å². The van der Waals surface area contributed by atoms with Gasteiger partial charge in [-0.3, -0.25) is 0 Å². The summed E-state index contributed by atoms with van der Waals surface area (Å²) in [6.45, 7) is 4.53. The Morgan fingerprint density at radius 1 is 1.33 bits per heavy atom. The lowest BCUT2D eigenvalue weighted by atomic mass is 9.88. The topological polar surface area (TPSA) is 78.8 Å². The maximum absolute atomic E-state index is 11.0. The first kappa shape index (κ1) is 14.2. The summed E-state index contributed by atoms with van der Waals surface area (Å²) in [6.07, 6.45) is 1.05. The highest BCUT2D eigenvalue weighted by Crippen LogP contribution is 2.20. The molecule has 15 heavy (non-hydrogen) atoms. The maximum atomic E-state index is 11.0. The molecule has 0 spiro atoms. The van der Waals surface area contributed by atoms with Gasteiger partial charge in [-0.05, 0) is 18.3 Å². The quantitative estimate of drug-likeness (QED) is 0.582. The molecule has 0 radical (unpaired) electrons. The molecule has 3 N–H and O–H groups in total. The highest BCUT2D eigenvalue weighted by atomic mass is 16.6. The van der Waals surface area contributed by atoms with Crippen molar-refractivity contribution in [1.82, 2.24) is 5.32 Å². The Morgan fingerprint density at radius 3 is 2.53 bits per heavy atom. The van der Waals surface area contributed by atoms with Crippen LogP contribution in [0.25, 0.3) is 0 Å². The number of hydrogen-bond donors (Lipinski definition) is 3. The number of nitrogens with one attached hydrogen (secondary N) is 1. The first-order chi connectivity index (χ1) is 7.02. The molecular weight excluding hydrogens is 198 g/mol. The highest BCUT2D eigenvalue weighted by molar-refractivity contribution is 5.67. The third-order valence-corrected chi connectivity index (χ3v) is 2.05. The largest absolute Gasteiger partial charge is 0.447 e. The van der Waals surface area contributed by atoms with Crippen LogP contribution in [0.4, 0.5) is 4.79 Å². The Morgan fingerprint density at radius 2 is 2.00 bits per heavy atom. The van der Waals surface area contributed by atoms with Crippen LogP contribution in [-0.4, -0.2) is 42.7 Å². The zero-order valence-corrected chi connectivity index (χ0v) is 9.45. The standard InChI is InChI=1S/C10H21NO4/c1-10(2,4-3-5-12)8-11-9(14)15-7-6-13/h12-13H,3-8H2,1-2H3,(H,11,14). The Balaban J connectivity index is 3.67. The Bertz CT molecular complexity index is 182. The minimum atomic E-state index is -0.513. The lowest BCUT2D eigenvalue weighted by Gasteiger charge is -2.24. The third kappa shape index (κ3) is 8.20. The van der Waals surface area contributed by atoms with Crippen molar-refractivity contribution in [1.29, 1.82) is 0 Å². The van der Waals surface area contributed by atoms with Gasteiger partial charge in [0.05, 0.1) is 6.61 Å². The molecule has 0 heterocycles. The van der Waals surface area contributed by atoms with Crippen LogP contribution < -0.4 is 5.32 Å². The van der Waals surface area contributed by atoms with Gasteiger partial charge in [-0.25, -0.2) is 4.79 Å². The highest BCUT2D eigenvalue weighted by Gasteiger charge is 2.18. The summed E-state index contributed by atoms with van der Waals surface area (Å²) in [5.74, 6) is 0. The molecule has 0 aliphatic heterocycles. The molecule has 5 heteroatoms. The van der Waals surface area contributed by atoms with Gasteiger partial charge in [0.2, 0.25) is 0 Å². The second-order valence-electron chi connectivity index (χ2n) is 4.20. The van der Waals surface area contributed by atoms with Crippen LogP contribution in [0, 0.1) is 5.41 Å². The van der Waals surface area contributed by atoms with Crippen molar-refractivity contribution in [3.8, 4) is 0 Å². The van der Waals surface area contributed by atoms with Crippen LogP contribution in [0.2, 0.25) is 0 Å². The number of carbonyl (C=O) groups is 1. The SMILES string of the molecule is CC(C)(CCCO)CNC(=O)OCCO. The Hall–Kier alpha value is -0.810. The van der Waals surface area contributed by atoms with Gasteiger partial charge in [0.25, 0.3) is 0 Å². The van der Waals surface area contributed by atoms with Gasteiger partial charge >= 0.3 is 6.09 Å².